The van der Waals surface area contributed by atoms with E-state index in [1.165, 1.54) is 6.92 Å². The number of fused-ring (bicyclic) bond motifs is 1. The van der Waals surface area contributed by atoms with Gasteiger partial charge in [0.2, 0.25) is 0 Å². The van der Waals surface area contributed by atoms with Crippen LogP contribution in [0.5, 0.6) is 0 Å². The molecule has 0 unspecified atom stereocenters. The van der Waals surface area contributed by atoms with Crippen molar-refractivity contribution < 1.29 is 4.79 Å². The van der Waals surface area contributed by atoms with Crippen molar-refractivity contribution in [2.45, 2.75) is 6.92 Å². The van der Waals surface area contributed by atoms with Gasteiger partial charge in [0.05, 0.1) is 28.8 Å². The number of imidazole rings is 1. The first-order valence-corrected chi connectivity index (χ1v) is 6.12. The number of hydrogen-bond donors (Lipinski definition) is 0. The molecule has 3 aromatic rings. The molecule has 0 atom stereocenters. The Labute approximate surface area is 114 Å². The van der Waals surface area contributed by atoms with Crippen LogP contribution in [0, 0.1) is 0 Å². The summed E-state index contributed by atoms with van der Waals surface area (Å²) in [6.45, 7) is 1.52. The Morgan fingerprint density at radius 3 is 2.84 bits per heavy atom. The van der Waals surface area contributed by atoms with Gasteiger partial charge in [0.15, 0.2) is 5.78 Å². The van der Waals surface area contributed by atoms with Crippen LogP contribution in [0.25, 0.3) is 16.8 Å². The quantitative estimate of drug-likeness (QED) is 0.672. The van der Waals surface area contributed by atoms with E-state index in [1.807, 2.05) is 16.5 Å². The molecular weight excluding hydrogens is 262 g/mol. The zero-order chi connectivity index (χ0) is 13.4. The molecule has 0 aliphatic carbocycles. The predicted octanol–water partition coefficient (Wildman–Crippen LogP) is 3.25. The van der Waals surface area contributed by atoms with E-state index in [4.69, 9.17) is 11.6 Å². The average molecular weight is 272 g/mol. The Bertz CT molecular complexity index is 765. The number of halogens is 1. The van der Waals surface area contributed by atoms with Gasteiger partial charge in [-0.15, -0.1) is 0 Å². The summed E-state index contributed by atoms with van der Waals surface area (Å²) in [6, 6.07) is 5.42. The molecule has 0 saturated carbocycles. The maximum absolute atomic E-state index is 11.8. The molecule has 0 bridgehead atoms. The summed E-state index contributed by atoms with van der Waals surface area (Å²) in [4.78, 5) is 20.0. The third-order valence-electron chi connectivity index (χ3n) is 2.96. The SMILES string of the molecule is CC(=O)c1cc(Cl)c2cncn2c1-c1cccnc1. The van der Waals surface area contributed by atoms with Gasteiger partial charge in [-0.1, -0.05) is 11.6 Å². The van der Waals surface area contributed by atoms with Crippen molar-refractivity contribution in [3.05, 3.63) is 53.7 Å². The van der Waals surface area contributed by atoms with E-state index in [-0.39, 0.29) is 5.78 Å². The van der Waals surface area contributed by atoms with Crippen molar-refractivity contribution in [2.24, 2.45) is 0 Å². The van der Waals surface area contributed by atoms with Gasteiger partial charge in [-0.05, 0) is 25.1 Å². The maximum atomic E-state index is 11.8. The second-order valence-electron chi connectivity index (χ2n) is 4.20. The summed E-state index contributed by atoms with van der Waals surface area (Å²) in [5.41, 5.74) is 2.94. The second-order valence-corrected chi connectivity index (χ2v) is 4.61. The molecular formula is C14H10ClN3O. The van der Waals surface area contributed by atoms with Crippen LogP contribution in [0.4, 0.5) is 0 Å². The normalized spacial score (nSPS) is 10.8. The van der Waals surface area contributed by atoms with Crippen LogP contribution in [-0.2, 0) is 0 Å². The summed E-state index contributed by atoms with van der Waals surface area (Å²) < 4.78 is 1.82. The van der Waals surface area contributed by atoms with Crippen molar-refractivity contribution in [1.82, 2.24) is 14.4 Å². The van der Waals surface area contributed by atoms with E-state index in [0.717, 1.165) is 16.8 Å². The summed E-state index contributed by atoms with van der Waals surface area (Å²) >= 11 is 6.18. The fraction of sp³-hybridized carbons (Fsp3) is 0.0714. The highest BCUT2D eigenvalue weighted by atomic mass is 35.5. The van der Waals surface area contributed by atoms with Crippen LogP contribution in [0.2, 0.25) is 5.02 Å². The van der Waals surface area contributed by atoms with Gasteiger partial charge in [-0.2, -0.15) is 0 Å². The lowest BCUT2D eigenvalue weighted by Gasteiger charge is -2.11. The Hall–Kier alpha value is -2.20. The number of ketones is 1. The Kier molecular flexibility index (Phi) is 2.80. The highest BCUT2D eigenvalue weighted by Gasteiger charge is 2.16. The molecule has 3 rings (SSSR count). The molecule has 3 heterocycles. The number of aromatic nitrogens is 3. The molecule has 0 aliphatic rings. The summed E-state index contributed by atoms with van der Waals surface area (Å²) in [6.07, 6.45) is 6.73. The second kappa shape index (κ2) is 4.48. The van der Waals surface area contributed by atoms with Crippen molar-refractivity contribution in [2.75, 3.05) is 0 Å². The molecule has 0 radical (unpaired) electrons. The fourth-order valence-corrected chi connectivity index (χ4v) is 2.36. The van der Waals surface area contributed by atoms with Crippen LogP contribution in [-0.4, -0.2) is 20.2 Å². The molecule has 3 aromatic heterocycles. The summed E-state index contributed by atoms with van der Waals surface area (Å²) in [5.74, 6) is -0.0450. The van der Waals surface area contributed by atoms with Gasteiger partial charge in [0.1, 0.15) is 0 Å². The van der Waals surface area contributed by atoms with Gasteiger partial charge in [-0.3, -0.25) is 14.2 Å². The molecule has 0 saturated heterocycles. The van der Waals surface area contributed by atoms with Crippen LogP contribution in [0.1, 0.15) is 17.3 Å². The third kappa shape index (κ3) is 1.90. The minimum absolute atomic E-state index is 0.0450. The lowest BCUT2D eigenvalue weighted by atomic mass is 10.0. The van der Waals surface area contributed by atoms with E-state index in [9.17, 15) is 4.79 Å². The van der Waals surface area contributed by atoms with E-state index >= 15 is 0 Å². The van der Waals surface area contributed by atoms with Crippen LogP contribution in [0.3, 0.4) is 0 Å². The van der Waals surface area contributed by atoms with E-state index in [0.29, 0.717) is 10.6 Å². The number of rotatable bonds is 2. The Balaban J connectivity index is 2.44. The van der Waals surface area contributed by atoms with Crippen LogP contribution in [0.15, 0.2) is 43.1 Å². The fourth-order valence-electron chi connectivity index (χ4n) is 2.11. The van der Waals surface area contributed by atoms with Gasteiger partial charge in [0.25, 0.3) is 0 Å². The van der Waals surface area contributed by atoms with E-state index < -0.39 is 0 Å². The number of hydrogen-bond acceptors (Lipinski definition) is 3. The smallest absolute Gasteiger partial charge is 0.161 e. The molecule has 0 spiro atoms. The van der Waals surface area contributed by atoms with Crippen molar-refractivity contribution >= 4 is 22.9 Å². The minimum Gasteiger partial charge on any atom is -0.297 e. The number of carbonyl (C=O) groups is 1. The molecule has 5 heteroatoms. The van der Waals surface area contributed by atoms with E-state index in [1.54, 1.807) is 31.0 Å². The van der Waals surface area contributed by atoms with Gasteiger partial charge < -0.3 is 0 Å². The van der Waals surface area contributed by atoms with Gasteiger partial charge in [-0.25, -0.2) is 4.98 Å². The minimum atomic E-state index is -0.0450. The highest BCUT2D eigenvalue weighted by Crippen LogP contribution is 2.29. The van der Waals surface area contributed by atoms with Crippen molar-refractivity contribution in [1.29, 1.82) is 0 Å². The summed E-state index contributed by atoms with van der Waals surface area (Å²) in [7, 11) is 0. The summed E-state index contributed by atoms with van der Waals surface area (Å²) in [5, 5.41) is 0.510. The molecule has 19 heavy (non-hydrogen) atoms. The molecule has 4 nitrogen and oxygen atoms in total. The first-order chi connectivity index (χ1) is 9.18. The lowest BCUT2D eigenvalue weighted by Crippen LogP contribution is -2.03. The molecule has 0 N–H and O–H groups in total. The van der Waals surface area contributed by atoms with Gasteiger partial charge in [0, 0.05) is 23.5 Å². The maximum Gasteiger partial charge on any atom is 0.161 e. The Morgan fingerprint density at radius 2 is 2.16 bits per heavy atom. The predicted molar refractivity (Wildman–Crippen MR) is 73.4 cm³/mol. The van der Waals surface area contributed by atoms with Gasteiger partial charge >= 0.3 is 0 Å². The molecule has 0 fully saturated rings. The van der Waals surface area contributed by atoms with Crippen LogP contribution < -0.4 is 0 Å². The molecule has 0 amide bonds. The first kappa shape index (κ1) is 11.9. The third-order valence-corrected chi connectivity index (χ3v) is 3.27. The van der Waals surface area contributed by atoms with E-state index in [2.05, 4.69) is 9.97 Å². The number of nitrogens with zero attached hydrogens (tertiary/aromatic N) is 3. The highest BCUT2D eigenvalue weighted by molar-refractivity contribution is 6.34. The largest absolute Gasteiger partial charge is 0.297 e. The number of Topliss-reactive ketones (excluding diaryl/α,β-unsaturated/α-hetero) is 1. The lowest BCUT2D eigenvalue weighted by molar-refractivity contribution is 0.101. The molecule has 0 aliphatic heterocycles. The average Bonchev–Trinajstić information content (AvgIpc) is 2.89. The Morgan fingerprint density at radius 1 is 1.32 bits per heavy atom. The molecule has 94 valence electrons. The number of pyridine rings is 2. The monoisotopic (exact) mass is 271 g/mol. The standard InChI is InChI=1S/C14H10ClN3O/c1-9(19)11-5-12(15)13-7-17-8-18(13)14(11)10-3-2-4-16-6-10/h2-8H,1H3. The zero-order valence-corrected chi connectivity index (χ0v) is 10.9. The zero-order valence-electron chi connectivity index (χ0n) is 10.2. The number of carbonyl (C=O) groups excluding carboxylic acids is 1. The van der Waals surface area contributed by atoms with Crippen molar-refractivity contribution in [3.63, 3.8) is 0 Å². The van der Waals surface area contributed by atoms with Crippen LogP contribution >= 0.6 is 11.6 Å². The first-order valence-electron chi connectivity index (χ1n) is 5.74. The van der Waals surface area contributed by atoms with Crippen molar-refractivity contribution in [3.8, 4) is 11.3 Å². The molecule has 0 aromatic carbocycles. The topological polar surface area (TPSA) is 47.3 Å².